The molecule has 2 unspecified atom stereocenters. The SMILES string of the molecule is CC.CC.NC1CCC(C(=O)N2CC=C(c3ccccc3)CC2)C1. The van der Waals surface area contributed by atoms with Gasteiger partial charge in [-0.3, -0.25) is 4.79 Å². The van der Waals surface area contributed by atoms with E-state index in [1.54, 1.807) is 0 Å². The van der Waals surface area contributed by atoms with Gasteiger partial charge in [-0.2, -0.15) is 0 Å². The van der Waals surface area contributed by atoms with Gasteiger partial charge < -0.3 is 10.6 Å². The summed E-state index contributed by atoms with van der Waals surface area (Å²) < 4.78 is 0. The fourth-order valence-electron chi connectivity index (χ4n) is 3.28. The summed E-state index contributed by atoms with van der Waals surface area (Å²) in [6, 6.07) is 10.7. The molecule has 1 aliphatic carbocycles. The molecule has 3 heteroatoms. The first-order valence-electron chi connectivity index (χ1n) is 9.53. The standard InChI is InChI=1S/C17H22N2O.2C2H6/c18-16-7-6-15(12-16)17(20)19-10-8-14(9-11-19)13-4-2-1-3-5-13;2*1-2/h1-5,8,15-16H,6-7,9-12,18H2;2*1-2H3. The van der Waals surface area contributed by atoms with E-state index >= 15 is 0 Å². The second-order valence-electron chi connectivity index (χ2n) is 5.90. The Morgan fingerprint density at radius 1 is 1.08 bits per heavy atom. The highest BCUT2D eigenvalue weighted by Gasteiger charge is 2.31. The summed E-state index contributed by atoms with van der Waals surface area (Å²) in [6.45, 7) is 9.58. The van der Waals surface area contributed by atoms with Crippen LogP contribution in [0.2, 0.25) is 0 Å². The Morgan fingerprint density at radius 3 is 2.25 bits per heavy atom. The van der Waals surface area contributed by atoms with E-state index in [2.05, 4.69) is 30.3 Å². The largest absolute Gasteiger partial charge is 0.338 e. The van der Waals surface area contributed by atoms with E-state index < -0.39 is 0 Å². The molecular formula is C21H34N2O. The van der Waals surface area contributed by atoms with Gasteiger partial charge in [0.05, 0.1) is 0 Å². The van der Waals surface area contributed by atoms with Crippen LogP contribution in [-0.4, -0.2) is 29.9 Å². The maximum Gasteiger partial charge on any atom is 0.226 e. The van der Waals surface area contributed by atoms with Crippen LogP contribution >= 0.6 is 0 Å². The molecule has 1 fully saturated rings. The molecule has 1 aromatic carbocycles. The van der Waals surface area contributed by atoms with Gasteiger partial charge in [0.15, 0.2) is 0 Å². The van der Waals surface area contributed by atoms with Crippen molar-refractivity contribution in [3.8, 4) is 0 Å². The number of benzene rings is 1. The third-order valence-electron chi connectivity index (χ3n) is 4.49. The molecule has 0 saturated heterocycles. The van der Waals surface area contributed by atoms with E-state index in [0.29, 0.717) is 5.91 Å². The molecule has 1 heterocycles. The molecule has 1 saturated carbocycles. The van der Waals surface area contributed by atoms with Crippen molar-refractivity contribution < 1.29 is 4.79 Å². The van der Waals surface area contributed by atoms with Crippen molar-refractivity contribution >= 4 is 11.5 Å². The molecule has 1 aromatic rings. The van der Waals surface area contributed by atoms with E-state index in [9.17, 15) is 4.79 Å². The minimum atomic E-state index is 0.164. The number of nitrogens with zero attached hydrogens (tertiary/aromatic N) is 1. The Hall–Kier alpha value is -1.61. The normalized spacial score (nSPS) is 22.5. The molecule has 2 aliphatic rings. The molecule has 134 valence electrons. The van der Waals surface area contributed by atoms with Crippen molar-refractivity contribution in [1.82, 2.24) is 4.90 Å². The van der Waals surface area contributed by atoms with Gasteiger partial charge in [0.25, 0.3) is 0 Å². The molecular weight excluding hydrogens is 296 g/mol. The van der Waals surface area contributed by atoms with Crippen LogP contribution in [0.3, 0.4) is 0 Å². The van der Waals surface area contributed by atoms with E-state index in [1.165, 1.54) is 11.1 Å². The zero-order chi connectivity index (χ0) is 17.9. The van der Waals surface area contributed by atoms with Crippen molar-refractivity contribution in [1.29, 1.82) is 0 Å². The molecule has 1 aliphatic heterocycles. The van der Waals surface area contributed by atoms with Crippen LogP contribution in [0.5, 0.6) is 0 Å². The van der Waals surface area contributed by atoms with Gasteiger partial charge in [0, 0.05) is 25.0 Å². The van der Waals surface area contributed by atoms with Crippen molar-refractivity contribution in [3.63, 3.8) is 0 Å². The van der Waals surface area contributed by atoms with Gasteiger partial charge in [-0.25, -0.2) is 0 Å². The van der Waals surface area contributed by atoms with E-state index in [1.807, 2.05) is 38.7 Å². The molecule has 0 spiro atoms. The molecule has 3 nitrogen and oxygen atoms in total. The lowest BCUT2D eigenvalue weighted by Crippen LogP contribution is -2.38. The number of rotatable bonds is 2. The van der Waals surface area contributed by atoms with E-state index in [4.69, 9.17) is 5.73 Å². The van der Waals surface area contributed by atoms with Gasteiger partial charge in [-0.05, 0) is 36.8 Å². The highest BCUT2D eigenvalue weighted by atomic mass is 16.2. The molecule has 1 amide bonds. The lowest BCUT2D eigenvalue weighted by Gasteiger charge is -2.29. The van der Waals surface area contributed by atoms with Crippen molar-refractivity contribution in [2.24, 2.45) is 11.7 Å². The maximum atomic E-state index is 12.4. The van der Waals surface area contributed by atoms with Crippen LogP contribution in [0.25, 0.3) is 5.57 Å². The number of carbonyl (C=O) groups excluding carboxylic acids is 1. The molecule has 2 N–H and O–H groups in total. The topological polar surface area (TPSA) is 46.3 Å². The predicted molar refractivity (Wildman–Crippen MR) is 104 cm³/mol. The Morgan fingerprint density at radius 2 is 1.75 bits per heavy atom. The van der Waals surface area contributed by atoms with Crippen LogP contribution in [0, 0.1) is 5.92 Å². The van der Waals surface area contributed by atoms with Crippen LogP contribution in [0.1, 0.15) is 58.9 Å². The van der Waals surface area contributed by atoms with Gasteiger partial charge >= 0.3 is 0 Å². The van der Waals surface area contributed by atoms with Crippen molar-refractivity contribution in [2.45, 2.75) is 59.4 Å². The number of hydrogen-bond acceptors (Lipinski definition) is 2. The zero-order valence-corrected chi connectivity index (χ0v) is 15.8. The number of carbonyl (C=O) groups is 1. The number of hydrogen-bond donors (Lipinski definition) is 1. The summed E-state index contributed by atoms with van der Waals surface area (Å²) in [5.74, 6) is 0.470. The summed E-state index contributed by atoms with van der Waals surface area (Å²) in [4.78, 5) is 14.4. The van der Waals surface area contributed by atoms with Gasteiger partial charge in [0.2, 0.25) is 5.91 Å². The highest BCUT2D eigenvalue weighted by molar-refractivity contribution is 5.80. The third kappa shape index (κ3) is 5.48. The molecule has 3 rings (SSSR count). The number of nitrogens with two attached hydrogens (primary N) is 1. The van der Waals surface area contributed by atoms with Crippen molar-refractivity contribution in [2.75, 3.05) is 13.1 Å². The van der Waals surface area contributed by atoms with E-state index in [0.717, 1.165) is 38.8 Å². The summed E-state index contributed by atoms with van der Waals surface area (Å²) in [7, 11) is 0. The first kappa shape index (κ1) is 20.4. The minimum Gasteiger partial charge on any atom is -0.338 e. The minimum absolute atomic E-state index is 0.164. The summed E-state index contributed by atoms with van der Waals surface area (Å²) in [6.07, 6.45) is 5.98. The third-order valence-corrected chi connectivity index (χ3v) is 4.49. The lowest BCUT2D eigenvalue weighted by atomic mass is 9.98. The molecule has 0 bridgehead atoms. The van der Waals surface area contributed by atoms with E-state index in [-0.39, 0.29) is 12.0 Å². The van der Waals surface area contributed by atoms with Gasteiger partial charge in [-0.1, -0.05) is 64.1 Å². The Labute approximate surface area is 147 Å². The van der Waals surface area contributed by atoms with Crippen LogP contribution in [0.4, 0.5) is 0 Å². The van der Waals surface area contributed by atoms with Crippen LogP contribution in [0.15, 0.2) is 36.4 Å². The Balaban J connectivity index is 0.000000671. The fraction of sp³-hybridized carbons (Fsp3) is 0.571. The first-order valence-corrected chi connectivity index (χ1v) is 9.53. The fourth-order valence-corrected chi connectivity index (χ4v) is 3.28. The van der Waals surface area contributed by atoms with Gasteiger partial charge in [0.1, 0.15) is 0 Å². The summed E-state index contributed by atoms with van der Waals surface area (Å²) in [5, 5.41) is 0. The molecule has 2 atom stereocenters. The van der Waals surface area contributed by atoms with Gasteiger partial charge in [-0.15, -0.1) is 0 Å². The number of amides is 1. The zero-order valence-electron chi connectivity index (χ0n) is 15.8. The Bertz CT molecular complexity index is 510. The average Bonchev–Trinajstić information content (AvgIpc) is 3.12. The lowest BCUT2D eigenvalue weighted by molar-refractivity contribution is -0.134. The van der Waals surface area contributed by atoms with Crippen LogP contribution < -0.4 is 5.73 Å². The first-order chi connectivity index (χ1) is 11.7. The second-order valence-corrected chi connectivity index (χ2v) is 5.90. The van der Waals surface area contributed by atoms with Crippen molar-refractivity contribution in [3.05, 3.63) is 42.0 Å². The summed E-state index contributed by atoms with van der Waals surface area (Å²) in [5.41, 5.74) is 8.55. The quantitative estimate of drug-likeness (QED) is 0.869. The molecule has 24 heavy (non-hydrogen) atoms. The highest BCUT2D eigenvalue weighted by Crippen LogP contribution is 2.28. The Kier molecular flexibility index (Phi) is 9.39. The maximum absolute atomic E-state index is 12.4. The average molecular weight is 331 g/mol. The molecule has 0 radical (unpaired) electrons. The monoisotopic (exact) mass is 330 g/mol. The predicted octanol–water partition coefficient (Wildman–Crippen LogP) is 4.48. The smallest absolute Gasteiger partial charge is 0.226 e. The van der Waals surface area contributed by atoms with Crippen LogP contribution in [-0.2, 0) is 4.79 Å². The molecule has 0 aromatic heterocycles. The summed E-state index contributed by atoms with van der Waals surface area (Å²) >= 11 is 0. The second kappa shape index (κ2) is 11.0.